The minimum absolute atomic E-state index is 0.664. The molecule has 3 heteroatoms. The highest BCUT2D eigenvalue weighted by Gasteiger charge is 2.73. The van der Waals surface area contributed by atoms with Crippen molar-refractivity contribution < 1.29 is 0 Å². The van der Waals surface area contributed by atoms with Crippen molar-refractivity contribution >= 4 is 0 Å². The van der Waals surface area contributed by atoms with Crippen LogP contribution in [-0.4, -0.2) is 15.0 Å². The second-order valence-electron chi connectivity index (χ2n) is 29.5. The van der Waals surface area contributed by atoms with E-state index in [0.717, 1.165) is 98.9 Å². The summed E-state index contributed by atoms with van der Waals surface area (Å²) in [6.45, 7) is 0. The van der Waals surface area contributed by atoms with Gasteiger partial charge in [-0.15, -0.1) is 0 Å². The zero-order valence-electron chi connectivity index (χ0n) is 48.8. The molecule has 8 saturated carbocycles. The fourth-order valence-electron chi connectivity index (χ4n) is 22.6. The summed E-state index contributed by atoms with van der Waals surface area (Å²) >= 11 is 0. The summed E-state index contributed by atoms with van der Waals surface area (Å²) in [5.41, 5.74) is 32.0. The number of rotatable bonds is 9. The van der Waals surface area contributed by atoms with Crippen molar-refractivity contribution in [3.8, 4) is 101 Å². The van der Waals surface area contributed by atoms with E-state index in [2.05, 4.69) is 201 Å². The van der Waals surface area contributed by atoms with E-state index in [0.29, 0.717) is 16.7 Å². The number of aromatic nitrogens is 3. The Morgan fingerprint density at radius 1 is 0.279 bits per heavy atom. The maximum Gasteiger partial charge on any atom is 0.0702 e. The molecule has 14 atom stereocenters. The maximum atomic E-state index is 5.28. The first-order chi connectivity index (χ1) is 42.5. The third kappa shape index (κ3) is 6.52. The van der Waals surface area contributed by atoms with Gasteiger partial charge in [-0.1, -0.05) is 127 Å². The van der Waals surface area contributed by atoms with Crippen LogP contribution in [0.5, 0.6) is 0 Å². The van der Waals surface area contributed by atoms with Gasteiger partial charge < -0.3 is 0 Å². The summed E-state index contributed by atoms with van der Waals surface area (Å²) in [6.07, 6.45) is 23.4. The number of hydrogen-bond acceptors (Lipinski definition) is 3. The first-order valence-electron chi connectivity index (χ1n) is 33.2. The lowest BCUT2D eigenvalue weighted by Gasteiger charge is -2.68. The van der Waals surface area contributed by atoms with Gasteiger partial charge in [0.1, 0.15) is 0 Å². The zero-order valence-corrected chi connectivity index (χ0v) is 48.8. The predicted octanol–water partition coefficient (Wildman–Crippen LogP) is 20.9. The Kier molecular flexibility index (Phi) is 9.72. The van der Waals surface area contributed by atoms with E-state index in [-0.39, 0.29) is 0 Å². The van der Waals surface area contributed by atoms with Crippen LogP contribution in [0.4, 0.5) is 0 Å². The molecule has 86 heavy (non-hydrogen) atoms. The van der Waals surface area contributed by atoms with Crippen LogP contribution in [0, 0.1) is 46.3 Å². The van der Waals surface area contributed by atoms with Gasteiger partial charge in [0, 0.05) is 52.0 Å². The third-order valence-electron chi connectivity index (χ3n) is 26.3. The molecule has 14 unspecified atom stereocenters. The molecular weight excluding hydrogens is 1040 g/mol. The highest BCUT2D eigenvalue weighted by Crippen LogP contribution is 2.83. The first-order valence-corrected chi connectivity index (χ1v) is 33.2. The summed E-state index contributed by atoms with van der Waals surface area (Å²) in [7, 11) is 0. The lowest BCUT2D eigenvalue weighted by Crippen LogP contribution is -2.59. The molecule has 3 nitrogen and oxygen atoms in total. The van der Waals surface area contributed by atoms with Gasteiger partial charge in [0.2, 0.25) is 0 Å². The normalized spacial score (nSPS) is 31.3. The molecule has 0 radical (unpaired) electrons. The molecule has 416 valence electrons. The predicted molar refractivity (Wildman–Crippen MR) is 346 cm³/mol. The molecule has 7 bridgehead atoms. The Bertz CT molecular complexity index is 4330. The van der Waals surface area contributed by atoms with Crippen LogP contribution in [0.1, 0.15) is 146 Å². The third-order valence-corrected chi connectivity index (χ3v) is 26.3. The Morgan fingerprint density at radius 3 is 1.07 bits per heavy atom. The van der Waals surface area contributed by atoms with Gasteiger partial charge in [-0.2, -0.15) is 0 Å². The molecule has 3 heterocycles. The van der Waals surface area contributed by atoms with Gasteiger partial charge in [0.25, 0.3) is 0 Å². The van der Waals surface area contributed by atoms with Gasteiger partial charge in [-0.3, -0.25) is 15.0 Å². The highest BCUT2D eigenvalue weighted by molar-refractivity contribution is 5.94. The van der Waals surface area contributed by atoms with E-state index >= 15 is 0 Å². The molecule has 0 amide bonds. The molecule has 8 fully saturated rings. The molecule has 0 N–H and O–H groups in total. The van der Waals surface area contributed by atoms with Crippen LogP contribution < -0.4 is 0 Å². The smallest absolute Gasteiger partial charge is 0.0702 e. The molecule has 21 rings (SSSR count). The van der Waals surface area contributed by atoms with Crippen molar-refractivity contribution in [1.82, 2.24) is 15.0 Å². The number of hydrogen-bond donors (Lipinski definition) is 0. The van der Waals surface area contributed by atoms with Gasteiger partial charge >= 0.3 is 0 Å². The number of benzene rings is 7. The van der Waals surface area contributed by atoms with E-state index in [1.165, 1.54) is 144 Å². The number of nitrogens with zero attached hydrogens (tertiary/aromatic N) is 3. The Morgan fingerprint density at radius 2 is 0.663 bits per heavy atom. The maximum absolute atomic E-state index is 5.28. The van der Waals surface area contributed by atoms with Crippen molar-refractivity contribution in [2.45, 2.75) is 113 Å². The minimum Gasteiger partial charge on any atom is -0.256 e. The average molecular weight is 1110 g/mol. The molecule has 0 aliphatic heterocycles. The second-order valence-corrected chi connectivity index (χ2v) is 29.5. The monoisotopic (exact) mass is 1110 g/mol. The lowest BCUT2D eigenvalue weighted by molar-refractivity contribution is -0.146. The van der Waals surface area contributed by atoms with Crippen molar-refractivity contribution in [3.63, 3.8) is 0 Å². The van der Waals surface area contributed by atoms with Crippen molar-refractivity contribution in [2.75, 3.05) is 0 Å². The van der Waals surface area contributed by atoms with E-state index in [1.807, 2.05) is 0 Å². The van der Waals surface area contributed by atoms with Crippen LogP contribution in [-0.2, 0) is 0 Å². The summed E-state index contributed by atoms with van der Waals surface area (Å²) in [4.78, 5) is 15.8. The van der Waals surface area contributed by atoms with E-state index in [9.17, 15) is 0 Å². The van der Waals surface area contributed by atoms with E-state index in [1.54, 1.807) is 33.4 Å². The fraction of sp³-hybridized carbons (Fsp3) is 0.313. The van der Waals surface area contributed by atoms with Crippen LogP contribution >= 0.6 is 0 Å². The van der Waals surface area contributed by atoms with Gasteiger partial charge in [0.15, 0.2) is 0 Å². The number of fused-ring (bicyclic) bond motifs is 13. The van der Waals surface area contributed by atoms with Gasteiger partial charge in [-0.05, 0) is 297 Å². The summed E-state index contributed by atoms with van der Waals surface area (Å²) < 4.78 is 0. The molecule has 11 aliphatic carbocycles. The highest BCUT2D eigenvalue weighted by atomic mass is 14.8. The topological polar surface area (TPSA) is 38.7 Å². The van der Waals surface area contributed by atoms with Crippen LogP contribution in [0.15, 0.2) is 201 Å². The molecule has 2 spiro atoms. The minimum atomic E-state index is 0.664. The Labute approximate surface area is 505 Å². The number of pyridine rings is 3. The largest absolute Gasteiger partial charge is 0.256 e. The standard InChI is InChI=1S/C83H69N3/c1-4-10-67(64(7-1)50-16-22-79(84-43-50)47-13-19-70-73-27-46-25-53(73)28-54(26-46)74(70)34-47)55-29-56(68-11-5-2-8-65(68)51-17-23-80(85-44-51)48-14-20-71-75(35-48)58-32-60-37-62-39-77(71)82(60,62)41-58)31-57(30-55)69-12-6-3-9-66(69)52-18-24-81(86-45-52)49-15-21-72-76(36-49)59-33-61-38-63-40-78(72)83(61,63)42-59/h1-24,29-31,34-36,43-46,53-54,58-63,73,77-78H,25-28,32-33,37-42H2. The zero-order chi connectivity index (χ0) is 55.7. The lowest BCUT2D eigenvalue weighted by atomic mass is 9.36. The van der Waals surface area contributed by atoms with E-state index in [4.69, 9.17) is 15.0 Å². The summed E-state index contributed by atoms with van der Waals surface area (Å²) in [6, 6.07) is 70.0. The summed E-state index contributed by atoms with van der Waals surface area (Å²) in [5.74, 6) is 10.3. The van der Waals surface area contributed by atoms with Crippen LogP contribution in [0.25, 0.3) is 101 Å². The van der Waals surface area contributed by atoms with Gasteiger partial charge in [-0.25, -0.2) is 0 Å². The molecule has 11 aliphatic rings. The van der Waals surface area contributed by atoms with E-state index < -0.39 is 0 Å². The van der Waals surface area contributed by atoms with Crippen molar-refractivity contribution in [2.24, 2.45) is 46.3 Å². The van der Waals surface area contributed by atoms with Crippen molar-refractivity contribution in [1.29, 1.82) is 0 Å². The quantitative estimate of drug-likeness (QED) is 0.145. The molecule has 10 aromatic rings. The Hall–Kier alpha value is -8.01. The molecule has 7 aromatic carbocycles. The molecule has 3 aromatic heterocycles. The Balaban J connectivity index is 0.649. The molecular formula is C83H69N3. The van der Waals surface area contributed by atoms with Gasteiger partial charge in [0.05, 0.1) is 17.1 Å². The van der Waals surface area contributed by atoms with Crippen molar-refractivity contribution in [3.05, 3.63) is 234 Å². The van der Waals surface area contributed by atoms with Crippen LogP contribution in [0.2, 0.25) is 0 Å². The summed E-state index contributed by atoms with van der Waals surface area (Å²) in [5, 5.41) is 0. The molecule has 0 saturated heterocycles. The SMILES string of the molecule is c1ccc(-c2cc(-c3ccccc3-c3ccc(-c4ccc5c(c4)C4CC6CC7CC5C67C4)nc3)cc(-c3ccccc3-c3ccc(-c4ccc5c(c4)C4CC6CC7CC5C67C4)nc3)c2)c(-c2ccc(-c3ccc4c(c3)C3CC5CC(C3)C4C5)nc2)c1. The fourth-order valence-corrected chi connectivity index (χ4v) is 22.6. The first kappa shape index (κ1) is 48.1. The second kappa shape index (κ2) is 17.4. The van der Waals surface area contributed by atoms with Crippen LogP contribution in [0.3, 0.4) is 0 Å². The average Bonchev–Trinajstić information content (AvgIpc) is 1.40.